The van der Waals surface area contributed by atoms with Crippen molar-refractivity contribution < 1.29 is 4.42 Å². The Morgan fingerprint density at radius 3 is 0.964 bits per heavy atom. The minimum absolute atomic E-state index is 0.457. The molecule has 0 atom stereocenters. The smallest absolute Gasteiger partial charge is 0.250 e. The molecule has 0 amide bonds. The third-order valence-corrected chi connectivity index (χ3v) is 10.7. The molecule has 55 heavy (non-hydrogen) atoms. The van der Waals surface area contributed by atoms with Gasteiger partial charge in [0.15, 0.2) is 0 Å². The molecule has 0 fully saturated rings. The quantitative estimate of drug-likeness (QED) is 0.155. The molecule has 0 saturated heterocycles. The molecule has 0 spiro atoms. The summed E-state index contributed by atoms with van der Waals surface area (Å²) in [5.74, 6) is 0.914. The summed E-state index contributed by atoms with van der Waals surface area (Å²) in [6, 6.07) is 43.2. The van der Waals surface area contributed by atoms with Crippen LogP contribution in [0.15, 0.2) is 126 Å². The second kappa shape index (κ2) is 13.0. The summed E-state index contributed by atoms with van der Waals surface area (Å²) in [6.07, 6.45) is 0. The molecule has 9 aromatic rings. The number of rotatable bonds is 8. The van der Waals surface area contributed by atoms with Gasteiger partial charge in [-0.3, -0.25) is 0 Å². The summed E-state index contributed by atoms with van der Waals surface area (Å²) >= 11 is 0. The summed E-state index contributed by atoms with van der Waals surface area (Å²) in [4.78, 5) is 8.58. The highest BCUT2D eigenvalue weighted by atomic mass is 16.4. The van der Waals surface area contributed by atoms with Crippen LogP contribution in [-0.4, -0.2) is 75.7 Å². The van der Waals surface area contributed by atoms with Crippen LogP contribution in [0.2, 0.25) is 0 Å². The van der Waals surface area contributed by atoms with Crippen molar-refractivity contribution in [3.05, 3.63) is 121 Å². The lowest BCUT2D eigenvalue weighted by Gasteiger charge is -2.15. The number of benzene rings is 6. The minimum Gasteiger partial charge on any atom is -0.416 e. The van der Waals surface area contributed by atoms with Crippen molar-refractivity contribution >= 4 is 66.4 Å². The predicted octanol–water partition coefficient (Wildman–Crippen LogP) is 9.86. The predicted molar refractivity (Wildman–Crippen MR) is 231 cm³/mol. The van der Waals surface area contributed by atoms with E-state index >= 15 is 0 Å². The monoisotopic (exact) mass is 724 g/mol. The topological polar surface area (TPSA) is 61.7 Å². The lowest BCUT2D eigenvalue weighted by atomic mass is 10.1. The Kier molecular flexibility index (Phi) is 8.04. The van der Waals surface area contributed by atoms with E-state index in [1.54, 1.807) is 0 Å². The van der Waals surface area contributed by atoms with Crippen molar-refractivity contribution in [1.82, 2.24) is 19.3 Å². The van der Waals surface area contributed by atoms with Gasteiger partial charge in [0.1, 0.15) is 0 Å². The van der Waals surface area contributed by atoms with Gasteiger partial charge in [-0.1, -0.05) is 24.3 Å². The Hall–Kier alpha value is -6.74. The van der Waals surface area contributed by atoms with E-state index in [0.717, 1.165) is 67.3 Å². The van der Waals surface area contributed by atoms with Crippen LogP contribution in [0.3, 0.4) is 0 Å². The van der Waals surface area contributed by atoms with E-state index in [1.165, 1.54) is 21.5 Å². The third kappa shape index (κ3) is 5.53. The largest absolute Gasteiger partial charge is 0.416 e. The standard InChI is InChI=1S/C46H44N8O/c1-49(2)29-17-21-41-35(25-29)36-26-30(50(3)4)18-22-42(36)53(41)39-15-11-9-13-33(39)45-47-48-46(55-45)34-14-10-12-16-40(34)54-43-23-19-31(51(5)6)27-37(43)38-28-32(52(7)8)20-24-44(38)54/h9-28H,1-8H3. The number of hydrogen-bond acceptors (Lipinski definition) is 7. The van der Waals surface area contributed by atoms with E-state index in [4.69, 9.17) is 14.6 Å². The maximum Gasteiger partial charge on any atom is 0.250 e. The Labute approximate surface area is 320 Å². The van der Waals surface area contributed by atoms with E-state index in [9.17, 15) is 0 Å². The van der Waals surface area contributed by atoms with Crippen LogP contribution in [-0.2, 0) is 0 Å². The highest BCUT2D eigenvalue weighted by Gasteiger charge is 2.23. The number of fused-ring (bicyclic) bond motifs is 6. The number of para-hydroxylation sites is 2. The maximum atomic E-state index is 6.71. The Balaban J connectivity index is 1.21. The second-order valence-electron chi connectivity index (χ2n) is 15.0. The van der Waals surface area contributed by atoms with E-state index in [1.807, 2.05) is 12.1 Å². The zero-order valence-corrected chi connectivity index (χ0v) is 32.5. The molecule has 0 radical (unpaired) electrons. The molecule has 0 unspecified atom stereocenters. The normalized spacial score (nSPS) is 11.6. The highest BCUT2D eigenvalue weighted by Crippen LogP contribution is 2.41. The van der Waals surface area contributed by atoms with Gasteiger partial charge in [0, 0.05) is 101 Å². The summed E-state index contributed by atoms with van der Waals surface area (Å²) < 4.78 is 11.3. The van der Waals surface area contributed by atoms with Crippen molar-refractivity contribution in [1.29, 1.82) is 0 Å². The van der Waals surface area contributed by atoms with Crippen molar-refractivity contribution in [2.24, 2.45) is 0 Å². The van der Waals surface area contributed by atoms with Crippen LogP contribution in [0, 0.1) is 0 Å². The third-order valence-electron chi connectivity index (χ3n) is 10.7. The molecular weight excluding hydrogens is 681 g/mol. The van der Waals surface area contributed by atoms with Gasteiger partial charge >= 0.3 is 0 Å². The first-order chi connectivity index (χ1) is 26.6. The Bertz CT molecular complexity index is 2580. The first-order valence-electron chi connectivity index (χ1n) is 18.5. The van der Waals surface area contributed by atoms with Gasteiger partial charge in [-0.25, -0.2) is 0 Å². The van der Waals surface area contributed by atoms with E-state index < -0.39 is 0 Å². The fraction of sp³-hybridized carbons (Fsp3) is 0.174. The number of hydrogen-bond donors (Lipinski definition) is 0. The van der Waals surface area contributed by atoms with E-state index in [0.29, 0.717) is 11.8 Å². The molecule has 9 heteroatoms. The maximum absolute atomic E-state index is 6.71. The highest BCUT2D eigenvalue weighted by molar-refractivity contribution is 6.13. The van der Waals surface area contributed by atoms with Crippen LogP contribution < -0.4 is 19.6 Å². The summed E-state index contributed by atoms with van der Waals surface area (Å²) in [5, 5.41) is 14.2. The van der Waals surface area contributed by atoms with Gasteiger partial charge in [0.2, 0.25) is 11.8 Å². The van der Waals surface area contributed by atoms with Crippen molar-refractivity contribution in [2.75, 3.05) is 76.0 Å². The van der Waals surface area contributed by atoms with Gasteiger partial charge in [0.05, 0.1) is 44.6 Å². The molecule has 0 aliphatic heterocycles. The Morgan fingerprint density at radius 1 is 0.382 bits per heavy atom. The van der Waals surface area contributed by atoms with Crippen molar-refractivity contribution in [2.45, 2.75) is 0 Å². The molecule has 3 heterocycles. The minimum atomic E-state index is 0.457. The molecule has 274 valence electrons. The van der Waals surface area contributed by atoms with Gasteiger partial charge in [-0.2, -0.15) is 0 Å². The van der Waals surface area contributed by atoms with E-state index in [2.05, 4.69) is 194 Å². The summed E-state index contributed by atoms with van der Waals surface area (Å²) in [7, 11) is 16.6. The molecule has 9 nitrogen and oxygen atoms in total. The molecule has 6 aromatic carbocycles. The summed E-state index contributed by atoms with van der Waals surface area (Å²) in [6.45, 7) is 0. The van der Waals surface area contributed by atoms with Gasteiger partial charge in [0.25, 0.3) is 0 Å². The lowest BCUT2D eigenvalue weighted by Crippen LogP contribution is -2.08. The van der Waals surface area contributed by atoms with Crippen molar-refractivity contribution in [3.8, 4) is 34.3 Å². The van der Waals surface area contributed by atoms with Crippen LogP contribution in [0.4, 0.5) is 22.7 Å². The van der Waals surface area contributed by atoms with Gasteiger partial charge in [-0.15, -0.1) is 10.2 Å². The zero-order chi connectivity index (χ0) is 38.1. The molecule has 0 N–H and O–H groups in total. The molecule has 0 aliphatic carbocycles. The van der Waals surface area contributed by atoms with Crippen molar-refractivity contribution in [3.63, 3.8) is 0 Å². The first kappa shape index (κ1) is 34.1. The molecule has 9 rings (SSSR count). The molecule has 0 saturated carbocycles. The number of aromatic nitrogens is 4. The zero-order valence-electron chi connectivity index (χ0n) is 32.5. The lowest BCUT2D eigenvalue weighted by molar-refractivity contribution is 0.584. The van der Waals surface area contributed by atoms with Crippen LogP contribution in [0.1, 0.15) is 0 Å². The fourth-order valence-electron chi connectivity index (χ4n) is 7.77. The Morgan fingerprint density at radius 2 is 0.673 bits per heavy atom. The molecule has 0 aliphatic rings. The van der Waals surface area contributed by atoms with Crippen LogP contribution in [0.25, 0.3) is 77.9 Å². The first-order valence-corrected chi connectivity index (χ1v) is 18.5. The van der Waals surface area contributed by atoms with Gasteiger partial charge < -0.3 is 33.2 Å². The van der Waals surface area contributed by atoms with Crippen LogP contribution in [0.5, 0.6) is 0 Å². The molecular formula is C46H44N8O. The second-order valence-corrected chi connectivity index (χ2v) is 15.0. The number of nitrogens with zero attached hydrogens (tertiary/aromatic N) is 8. The fourth-order valence-corrected chi connectivity index (χ4v) is 7.77. The average Bonchev–Trinajstić information content (AvgIpc) is 3.90. The molecule has 3 aromatic heterocycles. The van der Waals surface area contributed by atoms with Gasteiger partial charge in [-0.05, 0) is 97.1 Å². The van der Waals surface area contributed by atoms with E-state index in [-0.39, 0.29) is 0 Å². The molecule has 0 bridgehead atoms. The average molecular weight is 725 g/mol. The summed E-state index contributed by atoms with van der Waals surface area (Å²) in [5.41, 5.74) is 12.7. The number of anilines is 4. The SMILES string of the molecule is CN(C)c1ccc2c(c1)c1cc(N(C)C)ccc1n2-c1ccccc1-c1nnc(-c2ccccc2-n2c3ccc(N(C)C)cc3c3cc(N(C)C)ccc32)o1. The van der Waals surface area contributed by atoms with Crippen LogP contribution >= 0.6 is 0 Å².